The van der Waals surface area contributed by atoms with Crippen LogP contribution in [0, 0.1) is 0 Å². The Morgan fingerprint density at radius 1 is 1.53 bits per heavy atom. The highest BCUT2D eigenvalue weighted by Gasteiger charge is 2.37. The minimum absolute atomic E-state index is 0.0233. The molecule has 1 amide bonds. The van der Waals surface area contributed by atoms with Crippen molar-refractivity contribution in [3.05, 3.63) is 23.8 Å². The number of fused-ring (bicyclic) bond motifs is 1. The molecule has 6 heteroatoms. The number of nitrogens with zero attached hydrogens (tertiary/aromatic N) is 1. The summed E-state index contributed by atoms with van der Waals surface area (Å²) in [6.07, 6.45) is 0. The van der Waals surface area contributed by atoms with Crippen molar-refractivity contribution in [3.8, 4) is 11.5 Å². The van der Waals surface area contributed by atoms with Crippen LogP contribution < -0.4 is 15.8 Å². The van der Waals surface area contributed by atoms with Gasteiger partial charge in [0, 0.05) is 31.3 Å². The maximum atomic E-state index is 11.5. The van der Waals surface area contributed by atoms with Gasteiger partial charge < -0.3 is 20.9 Å². The molecule has 2 unspecified atom stereocenters. The molecule has 0 saturated carbocycles. The lowest BCUT2D eigenvalue weighted by Gasteiger charge is -2.37. The van der Waals surface area contributed by atoms with E-state index < -0.39 is 0 Å². The molecular weight excluding hydrogens is 246 g/mol. The lowest BCUT2D eigenvalue weighted by atomic mass is 10.0. The second kappa shape index (κ2) is 4.71. The van der Waals surface area contributed by atoms with Gasteiger partial charge in [0.25, 0.3) is 0 Å². The Kier molecular flexibility index (Phi) is 3.04. The summed E-state index contributed by atoms with van der Waals surface area (Å²) in [6, 6.07) is 4.80. The smallest absolute Gasteiger partial charge is 0.236 e. The fourth-order valence-corrected chi connectivity index (χ4v) is 2.81. The van der Waals surface area contributed by atoms with Gasteiger partial charge in [-0.15, -0.1) is 0 Å². The zero-order chi connectivity index (χ0) is 13.4. The van der Waals surface area contributed by atoms with Gasteiger partial charge in [0.15, 0.2) is 0 Å². The number of hydrogen-bond donors (Lipinski definition) is 3. The average molecular weight is 263 g/mol. The average Bonchev–Trinajstić information content (AvgIpc) is 2.81. The van der Waals surface area contributed by atoms with E-state index in [0.717, 1.165) is 18.7 Å². The Morgan fingerprint density at radius 3 is 3.16 bits per heavy atom. The van der Waals surface area contributed by atoms with Crippen LogP contribution in [0.2, 0.25) is 0 Å². The van der Waals surface area contributed by atoms with E-state index in [1.165, 1.54) is 0 Å². The normalized spacial score (nSPS) is 26.7. The molecule has 1 saturated heterocycles. The number of phenols is 1. The van der Waals surface area contributed by atoms with Crippen molar-refractivity contribution in [1.29, 1.82) is 0 Å². The van der Waals surface area contributed by atoms with E-state index in [1.54, 1.807) is 12.1 Å². The predicted molar refractivity (Wildman–Crippen MR) is 68.9 cm³/mol. The van der Waals surface area contributed by atoms with Gasteiger partial charge in [-0.05, 0) is 12.1 Å². The van der Waals surface area contributed by atoms with Gasteiger partial charge in [0.05, 0.1) is 6.04 Å². The highest BCUT2D eigenvalue weighted by Crippen LogP contribution is 2.39. The minimum Gasteiger partial charge on any atom is -0.508 e. The number of aromatic hydroxyl groups is 1. The number of primary amides is 1. The van der Waals surface area contributed by atoms with Crippen LogP contribution in [-0.4, -0.2) is 48.2 Å². The molecule has 0 spiro atoms. The number of rotatable bonds is 2. The van der Waals surface area contributed by atoms with E-state index in [4.69, 9.17) is 10.5 Å². The zero-order valence-corrected chi connectivity index (χ0v) is 10.5. The van der Waals surface area contributed by atoms with Gasteiger partial charge in [-0.3, -0.25) is 9.69 Å². The molecular formula is C13H17N3O3. The van der Waals surface area contributed by atoms with E-state index >= 15 is 0 Å². The van der Waals surface area contributed by atoms with E-state index in [1.807, 2.05) is 6.07 Å². The van der Waals surface area contributed by atoms with Crippen molar-refractivity contribution in [2.24, 2.45) is 5.73 Å². The summed E-state index contributed by atoms with van der Waals surface area (Å²) in [5.41, 5.74) is 6.47. The third-order valence-corrected chi connectivity index (χ3v) is 3.77. The summed E-state index contributed by atoms with van der Waals surface area (Å²) < 4.78 is 5.60. The van der Waals surface area contributed by atoms with Crippen LogP contribution in [0.1, 0.15) is 11.6 Å². The number of ether oxygens (including phenoxy) is 1. The number of nitrogens with two attached hydrogens (primary N) is 1. The summed E-state index contributed by atoms with van der Waals surface area (Å²) in [5, 5.41) is 12.6. The fourth-order valence-electron chi connectivity index (χ4n) is 2.81. The first-order valence-corrected chi connectivity index (χ1v) is 6.38. The highest BCUT2D eigenvalue weighted by molar-refractivity contribution is 5.80. The van der Waals surface area contributed by atoms with Gasteiger partial charge in [-0.2, -0.15) is 0 Å². The van der Waals surface area contributed by atoms with Crippen LogP contribution >= 0.6 is 0 Å². The molecule has 0 bridgehead atoms. The largest absolute Gasteiger partial charge is 0.508 e. The Morgan fingerprint density at radius 2 is 2.37 bits per heavy atom. The Labute approximate surface area is 111 Å². The molecule has 1 aromatic carbocycles. The molecule has 3 rings (SSSR count). The van der Waals surface area contributed by atoms with Gasteiger partial charge >= 0.3 is 0 Å². The number of amides is 1. The maximum absolute atomic E-state index is 11.5. The summed E-state index contributed by atoms with van der Waals surface area (Å²) in [6.45, 7) is 2.64. The Hall–Kier alpha value is -1.79. The first kappa shape index (κ1) is 12.3. The van der Waals surface area contributed by atoms with Crippen molar-refractivity contribution in [3.63, 3.8) is 0 Å². The molecule has 1 aromatic rings. The Balaban J connectivity index is 1.89. The molecule has 19 heavy (non-hydrogen) atoms. The third kappa shape index (κ3) is 2.13. The van der Waals surface area contributed by atoms with Gasteiger partial charge in [-0.25, -0.2) is 0 Å². The van der Waals surface area contributed by atoms with Crippen LogP contribution in [0.15, 0.2) is 18.2 Å². The maximum Gasteiger partial charge on any atom is 0.236 e. The van der Waals surface area contributed by atoms with Crippen LogP contribution in [0.3, 0.4) is 0 Å². The van der Waals surface area contributed by atoms with E-state index in [-0.39, 0.29) is 23.7 Å². The number of phenolic OH excluding ortho intramolecular Hbond substituents is 1. The van der Waals surface area contributed by atoms with Crippen molar-refractivity contribution in [2.45, 2.75) is 12.1 Å². The van der Waals surface area contributed by atoms with Gasteiger partial charge in [0.2, 0.25) is 5.91 Å². The molecule has 102 valence electrons. The quantitative estimate of drug-likeness (QED) is 0.675. The van der Waals surface area contributed by atoms with Crippen molar-refractivity contribution in [2.75, 3.05) is 26.2 Å². The number of benzene rings is 1. The van der Waals surface area contributed by atoms with Gasteiger partial charge in [-0.1, -0.05) is 0 Å². The van der Waals surface area contributed by atoms with Crippen molar-refractivity contribution < 1.29 is 14.6 Å². The SMILES string of the molecule is NC(=O)C1CNCCN1C1COc2cc(O)ccc21. The van der Waals surface area contributed by atoms with Crippen molar-refractivity contribution in [1.82, 2.24) is 10.2 Å². The first-order chi connectivity index (χ1) is 9.16. The lowest BCUT2D eigenvalue weighted by Crippen LogP contribution is -2.58. The third-order valence-electron chi connectivity index (χ3n) is 3.77. The molecule has 0 aromatic heterocycles. The lowest BCUT2D eigenvalue weighted by molar-refractivity contribution is -0.125. The van der Waals surface area contributed by atoms with Crippen LogP contribution in [0.4, 0.5) is 0 Å². The monoisotopic (exact) mass is 263 g/mol. The molecule has 4 N–H and O–H groups in total. The highest BCUT2D eigenvalue weighted by atomic mass is 16.5. The first-order valence-electron chi connectivity index (χ1n) is 6.38. The molecule has 2 atom stereocenters. The number of carbonyl (C=O) groups excluding carboxylic acids is 1. The van der Waals surface area contributed by atoms with E-state index in [2.05, 4.69) is 10.2 Å². The fraction of sp³-hybridized carbons (Fsp3) is 0.462. The molecule has 6 nitrogen and oxygen atoms in total. The van der Waals surface area contributed by atoms with Crippen LogP contribution in [-0.2, 0) is 4.79 Å². The molecule has 0 radical (unpaired) electrons. The number of piperazine rings is 1. The van der Waals surface area contributed by atoms with Gasteiger partial charge in [0.1, 0.15) is 24.1 Å². The number of hydrogen-bond acceptors (Lipinski definition) is 5. The van der Waals surface area contributed by atoms with E-state index in [9.17, 15) is 9.90 Å². The summed E-state index contributed by atoms with van der Waals surface area (Å²) in [7, 11) is 0. The molecule has 2 aliphatic rings. The van der Waals surface area contributed by atoms with Crippen LogP contribution in [0.5, 0.6) is 11.5 Å². The molecule has 2 aliphatic heterocycles. The summed E-state index contributed by atoms with van der Waals surface area (Å²) in [4.78, 5) is 13.6. The molecule has 2 heterocycles. The van der Waals surface area contributed by atoms with E-state index in [0.29, 0.717) is 18.9 Å². The molecule has 0 aliphatic carbocycles. The second-order valence-corrected chi connectivity index (χ2v) is 4.91. The minimum atomic E-state index is -0.320. The molecule has 1 fully saturated rings. The predicted octanol–water partition coefficient (Wildman–Crippen LogP) is -0.415. The second-order valence-electron chi connectivity index (χ2n) is 4.91. The Bertz CT molecular complexity index is 506. The van der Waals surface area contributed by atoms with Crippen LogP contribution in [0.25, 0.3) is 0 Å². The summed E-state index contributed by atoms with van der Waals surface area (Å²) in [5.74, 6) is 0.553. The van der Waals surface area contributed by atoms with Crippen molar-refractivity contribution >= 4 is 5.91 Å². The standard InChI is InChI=1S/C13H17N3O3/c14-13(18)10-6-15-3-4-16(10)11-7-19-12-5-8(17)1-2-9(11)12/h1-2,5,10-11,15,17H,3-4,6-7H2,(H2,14,18). The summed E-state index contributed by atoms with van der Waals surface area (Å²) >= 11 is 0. The number of carbonyl (C=O) groups is 1. The zero-order valence-electron chi connectivity index (χ0n) is 10.5. The topological polar surface area (TPSA) is 87.8 Å². The number of nitrogens with one attached hydrogen (secondary N) is 1.